The summed E-state index contributed by atoms with van der Waals surface area (Å²) in [5.41, 5.74) is 0.526. The highest BCUT2D eigenvalue weighted by Gasteiger charge is 2.04. The smallest absolute Gasteiger partial charge is 0.166 e. The molecule has 0 fully saturated rings. The second kappa shape index (κ2) is 5.53. The molecule has 16 heavy (non-hydrogen) atoms. The minimum atomic E-state index is -0.690. The zero-order valence-corrected chi connectivity index (χ0v) is 9.62. The molecule has 0 amide bonds. The summed E-state index contributed by atoms with van der Waals surface area (Å²) >= 11 is 0. The molecule has 86 valence electrons. The molecule has 0 aromatic heterocycles. The summed E-state index contributed by atoms with van der Waals surface area (Å²) in [5.74, 6) is 5.19. The van der Waals surface area contributed by atoms with E-state index in [-0.39, 0.29) is 11.7 Å². The Kier molecular flexibility index (Phi) is 4.33. The van der Waals surface area contributed by atoms with E-state index in [1.54, 1.807) is 6.07 Å². The van der Waals surface area contributed by atoms with Crippen molar-refractivity contribution in [3.8, 4) is 17.6 Å². The molecule has 0 aliphatic carbocycles. The summed E-state index contributed by atoms with van der Waals surface area (Å²) in [6.45, 7) is 3.74. The van der Waals surface area contributed by atoms with Gasteiger partial charge in [-0.15, -0.1) is 0 Å². The Morgan fingerprint density at radius 1 is 1.38 bits per heavy atom. The molecule has 3 heteroatoms. The van der Waals surface area contributed by atoms with Gasteiger partial charge in [-0.25, -0.2) is 4.39 Å². The molecule has 0 bridgehead atoms. The third-order valence-corrected chi connectivity index (χ3v) is 2.15. The Morgan fingerprint density at radius 3 is 2.56 bits per heavy atom. The molecule has 1 aromatic carbocycles. The normalized spacial score (nSPS) is 11.9. The number of hydrogen-bond donors (Lipinski definition) is 1. The molecule has 1 N–H and O–H groups in total. The van der Waals surface area contributed by atoms with Gasteiger partial charge in [-0.3, -0.25) is 0 Å². The first kappa shape index (κ1) is 12.5. The molecule has 0 saturated heterocycles. The molecule has 1 unspecified atom stereocenters. The van der Waals surface area contributed by atoms with E-state index < -0.39 is 11.9 Å². The van der Waals surface area contributed by atoms with E-state index >= 15 is 0 Å². The molecule has 0 heterocycles. The molecule has 0 saturated carbocycles. The zero-order chi connectivity index (χ0) is 12.1. The molecule has 0 aliphatic heterocycles. The Hall–Kier alpha value is -1.53. The van der Waals surface area contributed by atoms with E-state index in [4.69, 9.17) is 4.74 Å². The Bertz CT molecular complexity index is 416. The number of rotatable bonds is 2. The van der Waals surface area contributed by atoms with Crippen molar-refractivity contribution < 1.29 is 14.2 Å². The summed E-state index contributed by atoms with van der Waals surface area (Å²) in [4.78, 5) is 0. The summed E-state index contributed by atoms with van der Waals surface area (Å²) in [5, 5.41) is 9.47. The van der Waals surface area contributed by atoms with Crippen LogP contribution in [-0.4, -0.2) is 18.3 Å². The van der Waals surface area contributed by atoms with Crippen molar-refractivity contribution in [2.24, 2.45) is 5.92 Å². The van der Waals surface area contributed by atoms with Crippen molar-refractivity contribution in [1.82, 2.24) is 0 Å². The number of ether oxygens (including phenoxy) is 1. The molecule has 2 nitrogen and oxygen atoms in total. The van der Waals surface area contributed by atoms with Crippen molar-refractivity contribution in [3.63, 3.8) is 0 Å². The minimum Gasteiger partial charge on any atom is -0.494 e. The van der Waals surface area contributed by atoms with Crippen LogP contribution in [0.2, 0.25) is 0 Å². The average molecular weight is 222 g/mol. The van der Waals surface area contributed by atoms with Crippen LogP contribution >= 0.6 is 0 Å². The molecule has 1 atom stereocenters. The van der Waals surface area contributed by atoms with Gasteiger partial charge in [0.15, 0.2) is 11.6 Å². The van der Waals surface area contributed by atoms with Gasteiger partial charge in [0.05, 0.1) is 7.11 Å². The van der Waals surface area contributed by atoms with Gasteiger partial charge in [-0.05, 0) is 24.1 Å². The van der Waals surface area contributed by atoms with Gasteiger partial charge < -0.3 is 9.84 Å². The van der Waals surface area contributed by atoms with Gasteiger partial charge in [0, 0.05) is 5.56 Å². The lowest BCUT2D eigenvalue weighted by atomic mass is 10.1. The van der Waals surface area contributed by atoms with Gasteiger partial charge >= 0.3 is 0 Å². The first-order valence-corrected chi connectivity index (χ1v) is 5.07. The van der Waals surface area contributed by atoms with Crippen molar-refractivity contribution in [3.05, 3.63) is 29.6 Å². The van der Waals surface area contributed by atoms with Crippen LogP contribution in [0.3, 0.4) is 0 Å². The first-order chi connectivity index (χ1) is 7.54. The van der Waals surface area contributed by atoms with Crippen LogP contribution in [0.4, 0.5) is 4.39 Å². The number of halogens is 1. The first-order valence-electron chi connectivity index (χ1n) is 5.07. The Labute approximate surface area is 95.1 Å². The van der Waals surface area contributed by atoms with Gasteiger partial charge in [0.25, 0.3) is 0 Å². The number of methoxy groups -OCH3 is 1. The molecular weight excluding hydrogens is 207 g/mol. The van der Waals surface area contributed by atoms with E-state index in [0.29, 0.717) is 5.56 Å². The van der Waals surface area contributed by atoms with Crippen LogP contribution in [0.15, 0.2) is 18.2 Å². The largest absolute Gasteiger partial charge is 0.494 e. The average Bonchev–Trinajstić information content (AvgIpc) is 2.25. The fourth-order valence-electron chi connectivity index (χ4n) is 1.07. The Balaban J connectivity index is 2.86. The second-order valence-corrected chi connectivity index (χ2v) is 3.81. The van der Waals surface area contributed by atoms with Crippen LogP contribution in [0.5, 0.6) is 5.75 Å². The Morgan fingerprint density at radius 2 is 2.06 bits per heavy atom. The highest BCUT2D eigenvalue weighted by molar-refractivity contribution is 5.39. The second-order valence-electron chi connectivity index (χ2n) is 3.81. The summed E-state index contributed by atoms with van der Waals surface area (Å²) in [6.07, 6.45) is -0.690. The summed E-state index contributed by atoms with van der Waals surface area (Å²) in [6, 6.07) is 4.46. The van der Waals surface area contributed by atoms with Crippen LogP contribution in [0.1, 0.15) is 19.4 Å². The monoisotopic (exact) mass is 222 g/mol. The molecule has 1 aromatic rings. The third kappa shape index (κ3) is 3.25. The third-order valence-electron chi connectivity index (χ3n) is 2.15. The summed E-state index contributed by atoms with van der Waals surface area (Å²) < 4.78 is 18.1. The van der Waals surface area contributed by atoms with Gasteiger partial charge in [0.2, 0.25) is 0 Å². The molecule has 0 aliphatic rings. The van der Waals surface area contributed by atoms with Crippen molar-refractivity contribution in [1.29, 1.82) is 0 Å². The van der Waals surface area contributed by atoms with E-state index in [9.17, 15) is 9.50 Å². The maximum absolute atomic E-state index is 13.3. The van der Waals surface area contributed by atoms with Gasteiger partial charge in [0.1, 0.15) is 6.10 Å². The van der Waals surface area contributed by atoms with E-state index in [2.05, 4.69) is 11.8 Å². The molecule has 0 radical (unpaired) electrons. The maximum atomic E-state index is 13.3. The van der Waals surface area contributed by atoms with E-state index in [1.807, 2.05) is 13.8 Å². The highest BCUT2D eigenvalue weighted by Crippen LogP contribution is 2.17. The van der Waals surface area contributed by atoms with Crippen LogP contribution in [0, 0.1) is 23.6 Å². The lowest BCUT2D eigenvalue weighted by Gasteiger charge is -2.05. The number of hydrogen-bond acceptors (Lipinski definition) is 2. The van der Waals surface area contributed by atoms with Crippen molar-refractivity contribution in [2.45, 2.75) is 20.0 Å². The van der Waals surface area contributed by atoms with Crippen LogP contribution in [0.25, 0.3) is 0 Å². The fourth-order valence-corrected chi connectivity index (χ4v) is 1.07. The highest BCUT2D eigenvalue weighted by atomic mass is 19.1. The molecule has 1 rings (SSSR count). The standard InChI is InChI=1S/C13H15FO2/c1-9(2)12(15)6-4-10-5-7-13(16-3)11(14)8-10/h5,7-9,12,15H,1-3H3. The fraction of sp³-hybridized carbons (Fsp3) is 0.385. The lowest BCUT2D eigenvalue weighted by Crippen LogP contribution is -2.11. The lowest BCUT2D eigenvalue weighted by molar-refractivity contribution is 0.181. The van der Waals surface area contributed by atoms with E-state index in [0.717, 1.165) is 0 Å². The van der Waals surface area contributed by atoms with Crippen molar-refractivity contribution in [2.75, 3.05) is 7.11 Å². The predicted octanol–water partition coefficient (Wildman–Crippen LogP) is 2.20. The molecular formula is C13H15FO2. The zero-order valence-electron chi connectivity index (χ0n) is 9.62. The maximum Gasteiger partial charge on any atom is 0.166 e. The molecule has 0 spiro atoms. The topological polar surface area (TPSA) is 29.5 Å². The van der Waals surface area contributed by atoms with Gasteiger partial charge in [-0.2, -0.15) is 0 Å². The number of benzene rings is 1. The SMILES string of the molecule is COc1ccc(C#CC(O)C(C)C)cc1F. The summed E-state index contributed by atoms with van der Waals surface area (Å²) in [7, 11) is 1.41. The van der Waals surface area contributed by atoms with Gasteiger partial charge in [-0.1, -0.05) is 25.7 Å². The van der Waals surface area contributed by atoms with Crippen LogP contribution in [-0.2, 0) is 0 Å². The minimum absolute atomic E-state index is 0.0654. The number of aliphatic hydroxyl groups excluding tert-OH is 1. The predicted molar refractivity (Wildman–Crippen MR) is 60.7 cm³/mol. The van der Waals surface area contributed by atoms with Crippen LogP contribution < -0.4 is 4.74 Å². The number of aliphatic hydroxyl groups is 1. The van der Waals surface area contributed by atoms with E-state index in [1.165, 1.54) is 19.2 Å². The quantitative estimate of drug-likeness (QED) is 0.777. The van der Waals surface area contributed by atoms with Crippen molar-refractivity contribution >= 4 is 0 Å².